The van der Waals surface area contributed by atoms with Crippen LogP contribution < -0.4 is 18.9 Å². The van der Waals surface area contributed by atoms with Gasteiger partial charge in [-0.3, -0.25) is 14.4 Å². The van der Waals surface area contributed by atoms with Gasteiger partial charge in [-0.05, 0) is 37.1 Å². The van der Waals surface area contributed by atoms with Crippen LogP contribution in [0.25, 0.3) is 6.08 Å². The van der Waals surface area contributed by atoms with Crippen molar-refractivity contribution in [2.24, 2.45) is 0 Å². The molecule has 0 aliphatic heterocycles. The van der Waals surface area contributed by atoms with Gasteiger partial charge in [-0.15, -0.1) is 0 Å². The van der Waals surface area contributed by atoms with E-state index in [1.807, 2.05) is 0 Å². The highest BCUT2D eigenvalue weighted by molar-refractivity contribution is 5.76. The number of ether oxygens (including phenoxy) is 4. The molecule has 0 saturated carbocycles. The fourth-order valence-electron chi connectivity index (χ4n) is 5.78. The number of rotatable bonds is 27. The molecule has 1 N–H and O–H groups in total. The van der Waals surface area contributed by atoms with Crippen LogP contribution >= 0.6 is 0 Å². The van der Waals surface area contributed by atoms with Crippen LogP contribution in [0.1, 0.15) is 166 Å². The predicted molar refractivity (Wildman–Crippen MR) is 200 cm³/mol. The van der Waals surface area contributed by atoms with Gasteiger partial charge in [0, 0.05) is 43.0 Å². The number of unbranched alkanes of at least 4 members (excludes halogenated alkanes) is 16. The topological polar surface area (TPSA) is 108 Å². The summed E-state index contributed by atoms with van der Waals surface area (Å²) >= 11 is 0. The minimum absolute atomic E-state index is 0.250. The van der Waals surface area contributed by atoms with Crippen molar-refractivity contribution in [1.29, 1.82) is 0 Å². The molecule has 0 amide bonds. The van der Waals surface area contributed by atoms with Crippen LogP contribution in [-0.2, 0) is 14.4 Å². The van der Waals surface area contributed by atoms with Gasteiger partial charge in [0.25, 0.3) is 0 Å². The normalized spacial score (nSPS) is 11.8. The van der Waals surface area contributed by atoms with Crippen LogP contribution in [-0.4, -0.2) is 30.1 Å². The van der Waals surface area contributed by atoms with Crippen LogP contribution in [0.15, 0.2) is 42.5 Å². The van der Waals surface area contributed by atoms with Crippen molar-refractivity contribution in [1.82, 2.24) is 0 Å². The zero-order chi connectivity index (χ0) is 36.4. The Labute approximate surface area is 300 Å². The second-order valence-corrected chi connectivity index (χ2v) is 13.1. The van der Waals surface area contributed by atoms with Gasteiger partial charge in [0.05, 0.1) is 7.11 Å². The third-order valence-electron chi connectivity index (χ3n) is 8.65. The number of aliphatic hydroxyl groups is 1. The van der Waals surface area contributed by atoms with Crippen molar-refractivity contribution < 1.29 is 38.4 Å². The molecule has 0 fully saturated rings. The number of esters is 3. The Morgan fingerprint density at radius 2 is 1.08 bits per heavy atom. The highest BCUT2D eigenvalue weighted by Gasteiger charge is 2.15. The van der Waals surface area contributed by atoms with Crippen molar-refractivity contribution in [2.45, 2.75) is 155 Å². The summed E-state index contributed by atoms with van der Waals surface area (Å²) in [4.78, 5) is 36.9. The molecule has 8 nitrogen and oxygen atoms in total. The number of aliphatic hydroxyl groups excluding tert-OH is 1. The fraction of sp³-hybridized carbons (Fsp3) is 0.595. The number of hydrogen-bond donors (Lipinski definition) is 1. The first kappa shape index (κ1) is 42.5. The molecule has 2 aromatic rings. The molecule has 278 valence electrons. The summed E-state index contributed by atoms with van der Waals surface area (Å²) in [6.45, 7) is 5.75. The molecular weight excluding hydrogens is 632 g/mol. The van der Waals surface area contributed by atoms with Gasteiger partial charge < -0.3 is 24.1 Å². The van der Waals surface area contributed by atoms with Gasteiger partial charge in [0.15, 0.2) is 0 Å². The molecule has 0 aliphatic rings. The van der Waals surface area contributed by atoms with Gasteiger partial charge in [0.1, 0.15) is 29.1 Å². The van der Waals surface area contributed by atoms with Crippen LogP contribution in [0.4, 0.5) is 0 Å². The molecule has 0 aliphatic carbocycles. The summed E-state index contributed by atoms with van der Waals surface area (Å²) in [5.74, 6) is 0.0722. The molecule has 0 heterocycles. The van der Waals surface area contributed by atoms with E-state index in [2.05, 4.69) is 13.8 Å². The fourth-order valence-corrected chi connectivity index (χ4v) is 5.78. The lowest BCUT2D eigenvalue weighted by Gasteiger charge is -2.14. The van der Waals surface area contributed by atoms with Gasteiger partial charge in [0.2, 0.25) is 0 Å². The first-order valence-corrected chi connectivity index (χ1v) is 19.0. The molecule has 0 spiro atoms. The largest absolute Gasteiger partial charge is 0.496 e. The standard InChI is InChI=1S/C42H62O8/c1-5-7-9-11-13-15-17-19-21-23-41(45)49-36-27-25-34(26-30-38(44)37-29-28-35(48-33(3)43)32-40(37)47-4)39(31-36)50-42(46)24-22-20-18-16-14-12-10-8-6-2/h25-32,38,44H,5-24H2,1-4H3. The second kappa shape index (κ2) is 26.2. The van der Waals surface area contributed by atoms with Crippen LogP contribution in [0.3, 0.4) is 0 Å². The molecule has 1 atom stereocenters. The molecule has 2 rings (SSSR count). The lowest BCUT2D eigenvalue weighted by atomic mass is 10.1. The minimum atomic E-state index is -1.07. The van der Waals surface area contributed by atoms with Crippen LogP contribution in [0.2, 0.25) is 0 Å². The Balaban J connectivity index is 2.04. The maximum absolute atomic E-state index is 12.9. The summed E-state index contributed by atoms with van der Waals surface area (Å²) in [6.07, 6.45) is 23.5. The molecule has 0 bridgehead atoms. The molecule has 0 saturated heterocycles. The Morgan fingerprint density at radius 3 is 1.60 bits per heavy atom. The third-order valence-corrected chi connectivity index (χ3v) is 8.65. The highest BCUT2D eigenvalue weighted by Crippen LogP contribution is 2.32. The van der Waals surface area contributed by atoms with E-state index in [0.717, 1.165) is 38.5 Å². The third kappa shape index (κ3) is 18.4. The minimum Gasteiger partial charge on any atom is -0.496 e. The monoisotopic (exact) mass is 694 g/mol. The Hall–Kier alpha value is -3.65. The van der Waals surface area contributed by atoms with E-state index in [-0.39, 0.29) is 24.1 Å². The molecule has 0 aromatic heterocycles. The molecule has 0 radical (unpaired) electrons. The Kier molecular flexibility index (Phi) is 22.3. The maximum atomic E-state index is 12.9. The smallest absolute Gasteiger partial charge is 0.311 e. The lowest BCUT2D eigenvalue weighted by molar-refractivity contribution is -0.135. The van der Waals surface area contributed by atoms with E-state index in [0.29, 0.717) is 34.8 Å². The number of carbonyl (C=O) groups excluding carboxylic acids is 3. The number of hydrogen-bond acceptors (Lipinski definition) is 8. The predicted octanol–water partition coefficient (Wildman–Crippen LogP) is 11.0. The van der Waals surface area contributed by atoms with Gasteiger partial charge in [-0.2, -0.15) is 0 Å². The second-order valence-electron chi connectivity index (χ2n) is 13.1. The number of methoxy groups -OCH3 is 1. The molecule has 1 unspecified atom stereocenters. The van der Waals surface area contributed by atoms with Gasteiger partial charge in [-0.25, -0.2) is 0 Å². The van der Waals surface area contributed by atoms with Gasteiger partial charge >= 0.3 is 17.9 Å². The highest BCUT2D eigenvalue weighted by atomic mass is 16.5. The lowest BCUT2D eigenvalue weighted by Crippen LogP contribution is -2.10. The van der Waals surface area contributed by atoms with Crippen molar-refractivity contribution in [3.8, 4) is 23.0 Å². The quantitative estimate of drug-likeness (QED) is 0.0559. The van der Waals surface area contributed by atoms with Crippen LogP contribution in [0, 0.1) is 0 Å². The van der Waals surface area contributed by atoms with Crippen molar-refractivity contribution in [3.63, 3.8) is 0 Å². The van der Waals surface area contributed by atoms with E-state index < -0.39 is 12.1 Å². The van der Waals surface area contributed by atoms with E-state index in [1.165, 1.54) is 97.1 Å². The molecule has 50 heavy (non-hydrogen) atoms. The zero-order valence-electron chi connectivity index (χ0n) is 31.1. The summed E-state index contributed by atoms with van der Waals surface area (Å²) in [6, 6.07) is 9.65. The summed E-state index contributed by atoms with van der Waals surface area (Å²) in [7, 11) is 1.47. The average Bonchev–Trinajstić information content (AvgIpc) is 3.09. The van der Waals surface area contributed by atoms with E-state index >= 15 is 0 Å². The molecular formula is C42H62O8. The van der Waals surface area contributed by atoms with Gasteiger partial charge in [-0.1, -0.05) is 129 Å². The zero-order valence-corrected chi connectivity index (χ0v) is 31.1. The first-order valence-electron chi connectivity index (χ1n) is 19.0. The Bertz CT molecular complexity index is 1300. The van der Waals surface area contributed by atoms with E-state index in [9.17, 15) is 19.5 Å². The van der Waals surface area contributed by atoms with Crippen molar-refractivity contribution >= 4 is 24.0 Å². The van der Waals surface area contributed by atoms with E-state index in [1.54, 1.807) is 42.5 Å². The number of benzene rings is 2. The Morgan fingerprint density at radius 1 is 0.620 bits per heavy atom. The first-order chi connectivity index (χ1) is 24.3. The molecule has 2 aromatic carbocycles. The summed E-state index contributed by atoms with van der Waals surface area (Å²) < 4.78 is 22.0. The SMILES string of the molecule is CCCCCCCCCCCC(=O)Oc1ccc(C=CC(O)c2ccc(OC(C)=O)cc2OC)c(OC(=O)CCCCCCCCCCC)c1. The number of carbonyl (C=O) groups is 3. The maximum Gasteiger partial charge on any atom is 0.311 e. The van der Waals surface area contributed by atoms with Crippen molar-refractivity contribution in [3.05, 3.63) is 53.6 Å². The van der Waals surface area contributed by atoms with Crippen LogP contribution in [0.5, 0.6) is 23.0 Å². The molecule has 8 heteroatoms. The summed E-state index contributed by atoms with van der Waals surface area (Å²) in [5.41, 5.74) is 1.00. The van der Waals surface area contributed by atoms with E-state index in [4.69, 9.17) is 18.9 Å². The van der Waals surface area contributed by atoms with Crippen molar-refractivity contribution in [2.75, 3.05) is 7.11 Å². The summed E-state index contributed by atoms with van der Waals surface area (Å²) in [5, 5.41) is 11.0. The average molecular weight is 695 g/mol.